The van der Waals surface area contributed by atoms with E-state index in [0.717, 1.165) is 32.7 Å². The number of rotatable bonds is 10. The first-order chi connectivity index (χ1) is 9.74. The van der Waals surface area contributed by atoms with Crippen LogP contribution in [0.4, 0.5) is 0 Å². The zero-order chi connectivity index (χ0) is 14.8. The zero-order valence-electron chi connectivity index (χ0n) is 13.4. The Labute approximate surface area is 124 Å². The van der Waals surface area contributed by atoms with Gasteiger partial charge in [0.1, 0.15) is 0 Å². The van der Waals surface area contributed by atoms with E-state index >= 15 is 0 Å². The van der Waals surface area contributed by atoms with Gasteiger partial charge < -0.3 is 10.6 Å². The highest BCUT2D eigenvalue weighted by Gasteiger charge is 2.07. The van der Waals surface area contributed by atoms with Gasteiger partial charge in [0.2, 0.25) is 0 Å². The van der Waals surface area contributed by atoms with Gasteiger partial charge in [-0.05, 0) is 50.3 Å². The van der Waals surface area contributed by atoms with Gasteiger partial charge in [-0.2, -0.15) is 0 Å². The maximum Gasteiger partial charge on any atom is 0.0236 e. The van der Waals surface area contributed by atoms with E-state index in [1.807, 2.05) is 0 Å². The molecular weight excluding hydrogens is 246 g/mol. The number of nitrogens with zero attached hydrogens (tertiary/aromatic N) is 2. The zero-order valence-corrected chi connectivity index (χ0v) is 13.4. The summed E-state index contributed by atoms with van der Waals surface area (Å²) in [7, 11) is 0. The molecule has 0 heterocycles. The quantitative estimate of drug-likeness (QED) is 0.714. The Kier molecular flexibility index (Phi) is 8.51. The van der Waals surface area contributed by atoms with Crippen molar-refractivity contribution in [2.75, 3.05) is 32.7 Å². The molecule has 3 heteroatoms. The lowest BCUT2D eigenvalue weighted by Crippen LogP contribution is -2.30. The molecule has 1 aromatic carbocycles. The fraction of sp³-hybridized carbons (Fsp3) is 0.647. The van der Waals surface area contributed by atoms with Gasteiger partial charge in [0.15, 0.2) is 0 Å². The molecule has 0 unspecified atom stereocenters. The van der Waals surface area contributed by atoms with Crippen LogP contribution < -0.4 is 5.73 Å². The van der Waals surface area contributed by atoms with Crippen molar-refractivity contribution < 1.29 is 0 Å². The first-order valence-electron chi connectivity index (χ1n) is 7.96. The Hall–Kier alpha value is -0.900. The summed E-state index contributed by atoms with van der Waals surface area (Å²) in [4.78, 5) is 5.00. The Morgan fingerprint density at radius 2 is 1.40 bits per heavy atom. The number of hydrogen-bond donors (Lipinski definition) is 1. The van der Waals surface area contributed by atoms with Crippen LogP contribution in [-0.2, 0) is 13.1 Å². The van der Waals surface area contributed by atoms with Crippen LogP contribution in [-0.4, -0.2) is 42.5 Å². The summed E-state index contributed by atoms with van der Waals surface area (Å²) in [5.41, 5.74) is 8.47. The number of benzene rings is 1. The normalized spacial score (nSPS) is 11.5. The predicted octanol–water partition coefficient (Wildman–Crippen LogP) is 2.70. The molecule has 0 fully saturated rings. The van der Waals surface area contributed by atoms with E-state index in [0.29, 0.717) is 6.54 Å². The van der Waals surface area contributed by atoms with Crippen LogP contribution in [0.15, 0.2) is 24.3 Å². The van der Waals surface area contributed by atoms with Crippen LogP contribution in [0.5, 0.6) is 0 Å². The summed E-state index contributed by atoms with van der Waals surface area (Å²) >= 11 is 0. The lowest BCUT2D eigenvalue weighted by molar-refractivity contribution is 0.238. The van der Waals surface area contributed by atoms with E-state index in [9.17, 15) is 0 Å². The summed E-state index contributed by atoms with van der Waals surface area (Å²) in [6.45, 7) is 14.1. The van der Waals surface area contributed by atoms with Crippen molar-refractivity contribution in [2.24, 2.45) is 5.73 Å². The van der Waals surface area contributed by atoms with Crippen molar-refractivity contribution in [3.63, 3.8) is 0 Å². The molecule has 2 N–H and O–H groups in total. The van der Waals surface area contributed by atoms with Crippen LogP contribution in [0, 0.1) is 0 Å². The molecular formula is C17H31N3. The van der Waals surface area contributed by atoms with E-state index in [2.05, 4.69) is 54.8 Å². The van der Waals surface area contributed by atoms with E-state index in [1.54, 1.807) is 0 Å². The average Bonchev–Trinajstić information content (AvgIpc) is 2.50. The van der Waals surface area contributed by atoms with E-state index in [4.69, 9.17) is 5.73 Å². The Balaban J connectivity index is 2.46. The first-order valence-corrected chi connectivity index (χ1v) is 7.96. The monoisotopic (exact) mass is 277 g/mol. The van der Waals surface area contributed by atoms with Crippen LogP contribution in [0.2, 0.25) is 0 Å². The number of nitrogens with two attached hydrogens (primary N) is 1. The summed E-state index contributed by atoms with van der Waals surface area (Å²) in [6, 6.07) is 8.52. The molecule has 3 nitrogen and oxygen atoms in total. The summed E-state index contributed by atoms with van der Waals surface area (Å²) in [6.07, 6.45) is 1.24. The third-order valence-electron chi connectivity index (χ3n) is 4.02. The van der Waals surface area contributed by atoms with Crippen molar-refractivity contribution in [3.8, 4) is 0 Å². The third kappa shape index (κ3) is 5.61. The molecule has 0 saturated carbocycles. The Morgan fingerprint density at radius 1 is 0.850 bits per heavy atom. The van der Waals surface area contributed by atoms with Gasteiger partial charge in [-0.1, -0.05) is 45.0 Å². The van der Waals surface area contributed by atoms with Crippen molar-refractivity contribution in [1.82, 2.24) is 9.80 Å². The van der Waals surface area contributed by atoms with Gasteiger partial charge in [-0.15, -0.1) is 0 Å². The number of hydrogen-bond acceptors (Lipinski definition) is 3. The maximum absolute atomic E-state index is 5.82. The van der Waals surface area contributed by atoms with Gasteiger partial charge >= 0.3 is 0 Å². The van der Waals surface area contributed by atoms with Gasteiger partial charge in [0, 0.05) is 13.1 Å². The standard InChI is InChI=1S/C17H31N3/c1-4-19(5-2)12-9-13-20(6-3)15-17-11-8-7-10-16(17)14-18/h7-8,10-11H,4-6,9,12-15,18H2,1-3H3. The first kappa shape index (κ1) is 17.2. The molecule has 114 valence electrons. The molecule has 0 atom stereocenters. The molecule has 0 aliphatic carbocycles. The molecule has 0 amide bonds. The highest BCUT2D eigenvalue weighted by Crippen LogP contribution is 2.11. The molecule has 1 aromatic rings. The van der Waals surface area contributed by atoms with Gasteiger partial charge in [-0.25, -0.2) is 0 Å². The minimum atomic E-state index is 0.632. The highest BCUT2D eigenvalue weighted by atomic mass is 15.1. The molecule has 0 aliphatic heterocycles. The second kappa shape index (κ2) is 9.92. The van der Waals surface area contributed by atoms with Crippen LogP contribution in [0.1, 0.15) is 38.3 Å². The largest absolute Gasteiger partial charge is 0.326 e. The maximum atomic E-state index is 5.82. The van der Waals surface area contributed by atoms with Crippen molar-refractivity contribution in [1.29, 1.82) is 0 Å². The molecule has 20 heavy (non-hydrogen) atoms. The second-order valence-corrected chi connectivity index (χ2v) is 5.22. The molecule has 0 radical (unpaired) electrons. The minimum absolute atomic E-state index is 0.632. The fourth-order valence-electron chi connectivity index (χ4n) is 2.56. The molecule has 0 spiro atoms. The van der Waals surface area contributed by atoms with E-state index in [-0.39, 0.29) is 0 Å². The molecule has 0 aliphatic rings. The van der Waals surface area contributed by atoms with Gasteiger partial charge in [-0.3, -0.25) is 4.90 Å². The van der Waals surface area contributed by atoms with Crippen molar-refractivity contribution >= 4 is 0 Å². The summed E-state index contributed by atoms with van der Waals surface area (Å²) in [5.74, 6) is 0. The van der Waals surface area contributed by atoms with Crippen molar-refractivity contribution in [2.45, 2.75) is 40.3 Å². The Bertz CT molecular complexity index is 361. The SMILES string of the molecule is CCN(CC)CCCN(CC)Cc1ccccc1CN. The summed E-state index contributed by atoms with van der Waals surface area (Å²) < 4.78 is 0. The van der Waals surface area contributed by atoms with Crippen LogP contribution in [0.3, 0.4) is 0 Å². The predicted molar refractivity (Wildman–Crippen MR) is 87.7 cm³/mol. The lowest BCUT2D eigenvalue weighted by atomic mass is 10.1. The smallest absolute Gasteiger partial charge is 0.0236 e. The average molecular weight is 277 g/mol. The van der Waals surface area contributed by atoms with Gasteiger partial charge in [0.05, 0.1) is 0 Å². The van der Waals surface area contributed by atoms with E-state index in [1.165, 1.54) is 24.1 Å². The molecule has 0 bridgehead atoms. The van der Waals surface area contributed by atoms with Crippen LogP contribution in [0.25, 0.3) is 0 Å². The summed E-state index contributed by atoms with van der Waals surface area (Å²) in [5, 5.41) is 0. The Morgan fingerprint density at radius 3 is 1.95 bits per heavy atom. The lowest BCUT2D eigenvalue weighted by Gasteiger charge is -2.24. The molecule has 0 saturated heterocycles. The fourth-order valence-corrected chi connectivity index (χ4v) is 2.56. The van der Waals surface area contributed by atoms with Gasteiger partial charge in [0.25, 0.3) is 0 Å². The second-order valence-electron chi connectivity index (χ2n) is 5.22. The third-order valence-corrected chi connectivity index (χ3v) is 4.02. The highest BCUT2D eigenvalue weighted by molar-refractivity contribution is 5.26. The van der Waals surface area contributed by atoms with Crippen molar-refractivity contribution in [3.05, 3.63) is 35.4 Å². The van der Waals surface area contributed by atoms with Crippen LogP contribution >= 0.6 is 0 Å². The molecule has 0 aromatic heterocycles. The molecule has 1 rings (SSSR count). The minimum Gasteiger partial charge on any atom is -0.326 e. The topological polar surface area (TPSA) is 32.5 Å². The van der Waals surface area contributed by atoms with E-state index < -0.39 is 0 Å².